The third-order valence-electron chi connectivity index (χ3n) is 5.43. The molecule has 5 nitrogen and oxygen atoms in total. The molecular formula is C20H29ClN2O3. The molecule has 1 saturated heterocycles. The molecule has 3 rings (SSSR count). The number of carboxylic acids is 1. The monoisotopic (exact) mass is 380 g/mol. The number of fused-ring (bicyclic) bond motifs is 1. The van der Waals surface area contributed by atoms with Crippen molar-refractivity contribution in [1.29, 1.82) is 0 Å². The van der Waals surface area contributed by atoms with Gasteiger partial charge in [-0.25, -0.2) is 4.79 Å². The molecule has 144 valence electrons. The quantitative estimate of drug-likeness (QED) is 0.749. The number of nitrogens with one attached hydrogen (secondary N) is 1. The smallest absolute Gasteiger partial charge is 0.341 e. The predicted octanol–water partition coefficient (Wildman–Crippen LogP) is 4.34. The summed E-state index contributed by atoms with van der Waals surface area (Å²) in [4.78, 5) is 11.9. The standard InChI is InChI=1S/C20H28N2O3.ClH/c1-3-4-7-15(14-9-11-21-12-10-14)18-19(25-2)17(20(23)24)16-8-5-6-13-22(16)18;/h5-6,8,13-15,21H,3-4,7,9-12H2,1-2H3,(H,23,24);1H. The summed E-state index contributed by atoms with van der Waals surface area (Å²) in [5.74, 6) is 0.492. The first-order valence-electron chi connectivity index (χ1n) is 9.30. The highest BCUT2D eigenvalue weighted by atomic mass is 35.5. The Morgan fingerprint density at radius 2 is 2.12 bits per heavy atom. The average Bonchev–Trinajstić information content (AvgIpc) is 2.97. The van der Waals surface area contributed by atoms with Crippen molar-refractivity contribution >= 4 is 23.9 Å². The van der Waals surface area contributed by atoms with Gasteiger partial charge in [-0.15, -0.1) is 12.4 Å². The van der Waals surface area contributed by atoms with Crippen LogP contribution in [0.4, 0.5) is 0 Å². The Balaban J connectivity index is 0.00000243. The molecule has 2 aromatic heterocycles. The van der Waals surface area contributed by atoms with Crippen LogP contribution in [0.1, 0.15) is 61.0 Å². The minimum absolute atomic E-state index is 0. The van der Waals surface area contributed by atoms with Gasteiger partial charge < -0.3 is 19.6 Å². The zero-order chi connectivity index (χ0) is 17.8. The number of methoxy groups -OCH3 is 1. The van der Waals surface area contributed by atoms with E-state index in [1.165, 1.54) is 0 Å². The Labute approximate surface area is 161 Å². The SMILES string of the molecule is CCCCC(c1c(OC)c(C(=O)O)c2ccccn12)C1CCNCC1.Cl. The van der Waals surface area contributed by atoms with E-state index in [1.54, 1.807) is 7.11 Å². The molecule has 1 unspecified atom stereocenters. The summed E-state index contributed by atoms with van der Waals surface area (Å²) >= 11 is 0. The lowest BCUT2D eigenvalue weighted by Gasteiger charge is -2.31. The second-order valence-electron chi connectivity index (χ2n) is 6.89. The van der Waals surface area contributed by atoms with E-state index in [0.717, 1.165) is 56.4 Å². The van der Waals surface area contributed by atoms with Crippen molar-refractivity contribution in [2.75, 3.05) is 20.2 Å². The van der Waals surface area contributed by atoms with Crippen LogP contribution in [-0.2, 0) is 0 Å². The zero-order valence-electron chi connectivity index (χ0n) is 15.5. The van der Waals surface area contributed by atoms with E-state index in [1.807, 2.05) is 28.8 Å². The minimum Gasteiger partial charge on any atom is -0.494 e. The van der Waals surface area contributed by atoms with E-state index in [4.69, 9.17) is 4.74 Å². The van der Waals surface area contributed by atoms with E-state index in [-0.39, 0.29) is 18.0 Å². The van der Waals surface area contributed by atoms with E-state index >= 15 is 0 Å². The lowest BCUT2D eigenvalue weighted by Crippen LogP contribution is -2.31. The Hall–Kier alpha value is -1.72. The van der Waals surface area contributed by atoms with Gasteiger partial charge in [0.05, 0.1) is 18.3 Å². The van der Waals surface area contributed by atoms with Crippen molar-refractivity contribution in [3.05, 3.63) is 35.7 Å². The van der Waals surface area contributed by atoms with Gasteiger partial charge >= 0.3 is 5.97 Å². The molecule has 0 radical (unpaired) electrons. The molecule has 2 N–H and O–H groups in total. The second kappa shape index (κ2) is 9.28. The number of unbranched alkanes of at least 4 members (excludes halogenated alkanes) is 1. The van der Waals surface area contributed by atoms with Crippen LogP contribution in [0, 0.1) is 5.92 Å². The highest BCUT2D eigenvalue weighted by Crippen LogP contribution is 2.43. The maximum atomic E-state index is 11.9. The molecule has 1 aliphatic rings. The van der Waals surface area contributed by atoms with Crippen LogP contribution in [0.3, 0.4) is 0 Å². The highest BCUT2D eigenvalue weighted by molar-refractivity contribution is 6.00. The number of aromatic nitrogens is 1. The van der Waals surface area contributed by atoms with Crippen molar-refractivity contribution in [1.82, 2.24) is 9.72 Å². The zero-order valence-corrected chi connectivity index (χ0v) is 16.3. The fraction of sp³-hybridized carbons (Fsp3) is 0.550. The molecule has 0 spiro atoms. The molecule has 2 aromatic rings. The fourth-order valence-electron chi connectivity index (χ4n) is 4.24. The maximum Gasteiger partial charge on any atom is 0.341 e. The molecule has 1 atom stereocenters. The van der Waals surface area contributed by atoms with E-state index < -0.39 is 5.97 Å². The van der Waals surface area contributed by atoms with Gasteiger partial charge in [0.15, 0.2) is 5.75 Å². The Morgan fingerprint density at radius 3 is 2.73 bits per heavy atom. The molecule has 0 saturated carbocycles. The van der Waals surface area contributed by atoms with E-state index in [2.05, 4.69) is 12.2 Å². The third-order valence-corrected chi connectivity index (χ3v) is 5.43. The molecule has 1 aliphatic heterocycles. The molecular weight excluding hydrogens is 352 g/mol. The average molecular weight is 381 g/mol. The molecule has 0 amide bonds. The lowest BCUT2D eigenvalue weighted by molar-refractivity contribution is 0.0695. The summed E-state index contributed by atoms with van der Waals surface area (Å²) in [6.07, 6.45) is 7.57. The molecule has 26 heavy (non-hydrogen) atoms. The summed E-state index contributed by atoms with van der Waals surface area (Å²) in [5, 5.41) is 13.2. The number of rotatable bonds is 7. The number of carbonyl (C=O) groups is 1. The van der Waals surface area contributed by atoms with Crippen LogP contribution in [0.15, 0.2) is 24.4 Å². The number of aromatic carboxylic acids is 1. The summed E-state index contributed by atoms with van der Waals surface area (Å²) < 4.78 is 7.70. The van der Waals surface area contributed by atoms with E-state index in [0.29, 0.717) is 17.6 Å². The Morgan fingerprint density at radius 1 is 1.38 bits per heavy atom. The lowest BCUT2D eigenvalue weighted by atomic mass is 9.79. The van der Waals surface area contributed by atoms with Crippen LogP contribution in [-0.4, -0.2) is 35.7 Å². The van der Waals surface area contributed by atoms with Gasteiger partial charge in [0.1, 0.15) is 5.56 Å². The Kier molecular flexibility index (Phi) is 7.35. The molecule has 1 fully saturated rings. The summed E-state index contributed by atoms with van der Waals surface area (Å²) in [6, 6.07) is 5.71. The summed E-state index contributed by atoms with van der Waals surface area (Å²) in [7, 11) is 1.59. The van der Waals surface area contributed by atoms with Crippen molar-refractivity contribution < 1.29 is 14.6 Å². The third kappa shape index (κ3) is 3.84. The van der Waals surface area contributed by atoms with E-state index in [9.17, 15) is 9.90 Å². The van der Waals surface area contributed by atoms with Gasteiger partial charge in [0.2, 0.25) is 0 Å². The number of nitrogens with zero attached hydrogens (tertiary/aromatic N) is 1. The molecule has 3 heterocycles. The van der Waals surface area contributed by atoms with Crippen LogP contribution in [0.25, 0.3) is 5.52 Å². The first-order valence-corrected chi connectivity index (χ1v) is 9.30. The predicted molar refractivity (Wildman–Crippen MR) is 106 cm³/mol. The van der Waals surface area contributed by atoms with Gasteiger partial charge in [-0.2, -0.15) is 0 Å². The Bertz CT molecular complexity index is 738. The van der Waals surface area contributed by atoms with Gasteiger partial charge in [-0.05, 0) is 50.4 Å². The number of halogens is 1. The van der Waals surface area contributed by atoms with Crippen LogP contribution in [0.5, 0.6) is 5.75 Å². The van der Waals surface area contributed by atoms with Crippen molar-refractivity contribution in [2.24, 2.45) is 5.92 Å². The fourth-order valence-corrected chi connectivity index (χ4v) is 4.24. The number of hydrogen-bond donors (Lipinski definition) is 2. The van der Waals surface area contributed by atoms with Crippen LogP contribution < -0.4 is 10.1 Å². The molecule has 6 heteroatoms. The summed E-state index contributed by atoms with van der Waals surface area (Å²) in [5.41, 5.74) is 2.04. The molecule has 0 aromatic carbocycles. The first kappa shape index (κ1) is 20.6. The van der Waals surface area contributed by atoms with Crippen molar-refractivity contribution in [2.45, 2.75) is 44.9 Å². The molecule has 0 aliphatic carbocycles. The van der Waals surface area contributed by atoms with Crippen LogP contribution in [0.2, 0.25) is 0 Å². The number of carboxylic acid groups (broad SMARTS) is 1. The minimum atomic E-state index is -0.925. The van der Waals surface area contributed by atoms with Crippen molar-refractivity contribution in [3.8, 4) is 5.75 Å². The number of pyridine rings is 1. The second-order valence-corrected chi connectivity index (χ2v) is 6.89. The van der Waals surface area contributed by atoms with Gasteiger partial charge in [0.25, 0.3) is 0 Å². The maximum absolute atomic E-state index is 11.9. The van der Waals surface area contributed by atoms with Gasteiger partial charge in [-0.1, -0.05) is 25.8 Å². The summed E-state index contributed by atoms with van der Waals surface area (Å²) in [6.45, 7) is 4.27. The number of ether oxygens (including phenoxy) is 1. The number of piperidine rings is 1. The van der Waals surface area contributed by atoms with Crippen LogP contribution >= 0.6 is 12.4 Å². The van der Waals surface area contributed by atoms with Crippen molar-refractivity contribution in [3.63, 3.8) is 0 Å². The normalized spacial score (nSPS) is 16.2. The van der Waals surface area contributed by atoms with Gasteiger partial charge in [0, 0.05) is 12.1 Å². The largest absolute Gasteiger partial charge is 0.494 e. The first-order chi connectivity index (χ1) is 12.2. The topological polar surface area (TPSA) is 63.0 Å². The molecule has 0 bridgehead atoms. The van der Waals surface area contributed by atoms with Gasteiger partial charge in [-0.3, -0.25) is 0 Å². The highest BCUT2D eigenvalue weighted by Gasteiger charge is 2.33. The number of hydrogen-bond acceptors (Lipinski definition) is 3.